The summed E-state index contributed by atoms with van der Waals surface area (Å²) >= 11 is 12.8. The summed E-state index contributed by atoms with van der Waals surface area (Å²) < 4.78 is 3.32. The Morgan fingerprint density at radius 1 is 1.09 bits per heavy atom. The van der Waals surface area contributed by atoms with Gasteiger partial charge in [-0.15, -0.1) is 5.10 Å². The minimum atomic E-state index is -0.236. The zero-order chi connectivity index (χ0) is 23.2. The standard InChI is InChI=1S/C23H16Cl2N8O/c24-15-3-5-18(32-12-27-30-31-32)17(10-15)14-8-16-4-6-19(33(16)20(34)9-14)21-22(25)29-23(28-21)13-2-1-7-26-11-13/h1-3,5,7-12,19H,4,6H2,(H,28,29)/t19-/m0/s1. The Bertz CT molecular complexity index is 1560. The van der Waals surface area contributed by atoms with Gasteiger partial charge in [-0.1, -0.05) is 23.2 Å². The van der Waals surface area contributed by atoms with Gasteiger partial charge in [0.05, 0.1) is 17.4 Å². The van der Waals surface area contributed by atoms with E-state index in [1.54, 1.807) is 33.8 Å². The number of rotatable bonds is 4. The van der Waals surface area contributed by atoms with Crippen molar-refractivity contribution in [2.75, 3.05) is 0 Å². The topological polar surface area (TPSA) is 107 Å². The quantitative estimate of drug-likeness (QED) is 0.406. The molecule has 0 amide bonds. The largest absolute Gasteiger partial charge is 0.339 e. The first kappa shape index (κ1) is 20.8. The average Bonchev–Trinajstić information content (AvgIpc) is 3.59. The van der Waals surface area contributed by atoms with Crippen LogP contribution >= 0.6 is 23.2 Å². The second-order valence-electron chi connectivity index (χ2n) is 7.95. The molecule has 0 saturated carbocycles. The van der Waals surface area contributed by atoms with Crippen molar-refractivity contribution in [1.29, 1.82) is 0 Å². The average molecular weight is 491 g/mol. The molecule has 6 rings (SSSR count). The van der Waals surface area contributed by atoms with Gasteiger partial charge in [-0.3, -0.25) is 9.78 Å². The molecule has 1 atom stereocenters. The maximum absolute atomic E-state index is 13.4. The summed E-state index contributed by atoms with van der Waals surface area (Å²) in [5.41, 5.74) is 4.55. The van der Waals surface area contributed by atoms with Gasteiger partial charge in [-0.05, 0) is 65.2 Å². The number of fused-ring (bicyclic) bond motifs is 1. The van der Waals surface area contributed by atoms with Crippen molar-refractivity contribution in [3.8, 4) is 28.2 Å². The van der Waals surface area contributed by atoms with Crippen LogP contribution in [0.1, 0.15) is 23.9 Å². The summed E-state index contributed by atoms with van der Waals surface area (Å²) in [5, 5.41) is 12.3. The molecule has 5 aromatic rings. The second-order valence-corrected chi connectivity index (χ2v) is 8.74. The van der Waals surface area contributed by atoms with Crippen LogP contribution < -0.4 is 5.56 Å². The Kier molecular flexibility index (Phi) is 5.00. The molecule has 34 heavy (non-hydrogen) atoms. The molecule has 11 heteroatoms. The molecule has 9 nitrogen and oxygen atoms in total. The molecule has 168 valence electrons. The van der Waals surface area contributed by atoms with Crippen LogP contribution in [0.3, 0.4) is 0 Å². The third-order valence-corrected chi connectivity index (χ3v) is 6.48. The fourth-order valence-corrected chi connectivity index (χ4v) is 4.89. The highest BCUT2D eigenvalue weighted by molar-refractivity contribution is 6.31. The minimum Gasteiger partial charge on any atom is -0.339 e. The normalized spacial score (nSPS) is 14.9. The lowest BCUT2D eigenvalue weighted by Crippen LogP contribution is -2.23. The van der Waals surface area contributed by atoms with E-state index >= 15 is 0 Å². The molecule has 0 bridgehead atoms. The summed E-state index contributed by atoms with van der Waals surface area (Å²) in [7, 11) is 0. The van der Waals surface area contributed by atoms with E-state index in [9.17, 15) is 4.79 Å². The number of nitrogens with one attached hydrogen (secondary N) is 1. The van der Waals surface area contributed by atoms with Crippen molar-refractivity contribution in [3.63, 3.8) is 0 Å². The summed E-state index contributed by atoms with van der Waals surface area (Å²) in [4.78, 5) is 25.3. The lowest BCUT2D eigenvalue weighted by Gasteiger charge is -2.15. The third-order valence-electron chi connectivity index (χ3n) is 5.95. The fourth-order valence-electron chi connectivity index (χ4n) is 4.46. The lowest BCUT2D eigenvalue weighted by molar-refractivity contribution is 0.588. The number of aryl methyl sites for hydroxylation is 1. The third kappa shape index (κ3) is 3.49. The lowest BCUT2D eigenvalue weighted by atomic mass is 10.0. The molecule has 5 heterocycles. The van der Waals surface area contributed by atoms with E-state index in [4.69, 9.17) is 23.2 Å². The molecule has 1 aliphatic rings. The molecule has 1 aromatic carbocycles. The highest BCUT2D eigenvalue weighted by Crippen LogP contribution is 2.36. The van der Waals surface area contributed by atoms with Crippen molar-refractivity contribution in [3.05, 3.63) is 93.1 Å². The predicted molar refractivity (Wildman–Crippen MR) is 127 cm³/mol. The van der Waals surface area contributed by atoms with Crippen LogP contribution in [0.15, 0.2) is 66.0 Å². The van der Waals surface area contributed by atoms with Crippen LogP contribution in [-0.4, -0.2) is 39.7 Å². The van der Waals surface area contributed by atoms with E-state index in [-0.39, 0.29) is 11.6 Å². The van der Waals surface area contributed by atoms with E-state index in [2.05, 4.69) is 30.5 Å². The molecule has 1 aliphatic heterocycles. The molecule has 1 N–H and O–H groups in total. The van der Waals surface area contributed by atoms with Gasteiger partial charge < -0.3 is 9.55 Å². The van der Waals surface area contributed by atoms with Crippen molar-refractivity contribution in [2.24, 2.45) is 0 Å². The zero-order valence-electron chi connectivity index (χ0n) is 17.6. The number of aromatic nitrogens is 8. The van der Waals surface area contributed by atoms with E-state index in [0.29, 0.717) is 28.1 Å². The molecule has 0 radical (unpaired) electrons. The first-order valence-corrected chi connectivity index (χ1v) is 11.3. The molecule has 4 aromatic heterocycles. The van der Waals surface area contributed by atoms with Crippen molar-refractivity contribution in [2.45, 2.75) is 18.9 Å². The van der Waals surface area contributed by atoms with Crippen molar-refractivity contribution in [1.82, 2.24) is 39.7 Å². The van der Waals surface area contributed by atoms with Gasteiger partial charge in [0.25, 0.3) is 5.56 Å². The number of H-pyrrole nitrogens is 1. The van der Waals surface area contributed by atoms with E-state index < -0.39 is 0 Å². The number of benzene rings is 1. The zero-order valence-corrected chi connectivity index (χ0v) is 19.1. The Hall–Kier alpha value is -3.82. The van der Waals surface area contributed by atoms with Crippen LogP contribution in [0.5, 0.6) is 0 Å². The predicted octanol–water partition coefficient (Wildman–Crippen LogP) is 4.12. The van der Waals surface area contributed by atoms with Crippen LogP contribution in [0, 0.1) is 0 Å². The smallest absolute Gasteiger partial charge is 0.251 e. The number of tetrazole rings is 1. The molecule has 0 aliphatic carbocycles. The number of nitrogens with zero attached hydrogens (tertiary/aromatic N) is 7. The molecular formula is C23H16Cl2N8O. The molecule has 0 unspecified atom stereocenters. The van der Waals surface area contributed by atoms with Gasteiger partial charge in [-0.2, -0.15) is 4.68 Å². The summed E-state index contributed by atoms with van der Waals surface area (Å²) in [5.74, 6) is 0.622. The van der Waals surface area contributed by atoms with Gasteiger partial charge in [0.1, 0.15) is 12.2 Å². The monoisotopic (exact) mass is 490 g/mol. The van der Waals surface area contributed by atoms with Gasteiger partial charge >= 0.3 is 0 Å². The highest BCUT2D eigenvalue weighted by Gasteiger charge is 2.29. The fraction of sp³-hybridized carbons (Fsp3) is 0.130. The van der Waals surface area contributed by atoms with Gasteiger partial charge in [-0.25, -0.2) is 4.98 Å². The van der Waals surface area contributed by atoms with E-state index in [1.165, 1.54) is 6.33 Å². The molecule has 0 spiro atoms. The second kappa shape index (κ2) is 8.19. The van der Waals surface area contributed by atoms with Crippen LogP contribution in [0.2, 0.25) is 10.2 Å². The maximum atomic E-state index is 13.4. The number of hydrogen-bond acceptors (Lipinski definition) is 6. The Morgan fingerprint density at radius 2 is 2.00 bits per heavy atom. The molecule has 0 fully saturated rings. The number of aromatic amines is 1. The van der Waals surface area contributed by atoms with Crippen LogP contribution in [0.4, 0.5) is 0 Å². The van der Waals surface area contributed by atoms with Gasteiger partial charge in [0.15, 0.2) is 5.15 Å². The SMILES string of the molecule is O=c1cc(-c2cc(Cl)ccc2-n2cnnn2)cc2n1[C@H](c1[nH]c(-c3cccnc3)nc1Cl)CC2. The summed E-state index contributed by atoms with van der Waals surface area (Å²) in [6, 6.07) is 12.5. The molecule has 0 saturated heterocycles. The first-order chi connectivity index (χ1) is 16.6. The summed E-state index contributed by atoms with van der Waals surface area (Å²) in [6.45, 7) is 0. The first-order valence-electron chi connectivity index (χ1n) is 10.5. The Morgan fingerprint density at radius 3 is 2.79 bits per heavy atom. The summed E-state index contributed by atoms with van der Waals surface area (Å²) in [6.07, 6.45) is 6.36. The minimum absolute atomic E-state index is 0.133. The number of halogens is 2. The number of pyridine rings is 2. The van der Waals surface area contributed by atoms with Gasteiger partial charge in [0, 0.05) is 40.3 Å². The van der Waals surface area contributed by atoms with Crippen molar-refractivity contribution >= 4 is 23.2 Å². The van der Waals surface area contributed by atoms with Crippen molar-refractivity contribution < 1.29 is 0 Å². The van der Waals surface area contributed by atoms with Crippen LogP contribution in [-0.2, 0) is 6.42 Å². The highest BCUT2D eigenvalue weighted by atomic mass is 35.5. The Balaban J connectivity index is 1.43. The molecular weight excluding hydrogens is 475 g/mol. The van der Waals surface area contributed by atoms with E-state index in [0.717, 1.165) is 34.5 Å². The van der Waals surface area contributed by atoms with E-state index in [1.807, 2.05) is 30.3 Å². The maximum Gasteiger partial charge on any atom is 0.251 e. The Labute approximate surface area is 203 Å². The number of hydrogen-bond donors (Lipinski definition) is 1. The van der Waals surface area contributed by atoms with Crippen LogP contribution in [0.25, 0.3) is 28.2 Å². The van der Waals surface area contributed by atoms with Gasteiger partial charge in [0.2, 0.25) is 0 Å². The number of imidazole rings is 1.